The highest BCUT2D eigenvalue weighted by Crippen LogP contribution is 2.09. The Labute approximate surface area is 118 Å². The van der Waals surface area contributed by atoms with Gasteiger partial charge in [-0.2, -0.15) is 0 Å². The van der Waals surface area contributed by atoms with Gasteiger partial charge in [-0.15, -0.1) is 0 Å². The highest BCUT2D eigenvalue weighted by atomic mass is 16.5. The number of rotatable bonds is 11. The molecule has 1 rings (SSSR count). The average molecular weight is 272 g/mol. The van der Waals surface area contributed by atoms with Crippen LogP contribution in [0.15, 0.2) is 0 Å². The average Bonchev–Trinajstić information content (AvgIpc) is 2.85. The monoisotopic (exact) mass is 272 g/mol. The molecule has 19 heavy (non-hydrogen) atoms. The maximum Gasteiger partial charge on any atom is 0.0700 e. The molecule has 0 aromatic carbocycles. The molecule has 1 aliphatic heterocycles. The fraction of sp³-hybridized carbons (Fsp3) is 1.00. The van der Waals surface area contributed by atoms with Crippen molar-refractivity contribution in [3.63, 3.8) is 0 Å². The minimum absolute atomic E-state index is 0.696. The Morgan fingerprint density at radius 3 is 2.74 bits per heavy atom. The van der Waals surface area contributed by atoms with Crippen molar-refractivity contribution < 1.29 is 9.47 Å². The molecule has 1 fully saturated rings. The van der Waals surface area contributed by atoms with Gasteiger partial charge in [-0.3, -0.25) is 0 Å². The predicted molar refractivity (Wildman–Crippen MR) is 79.6 cm³/mol. The molecule has 1 aliphatic rings. The van der Waals surface area contributed by atoms with E-state index in [1.165, 1.54) is 32.5 Å². The number of hydrogen-bond acceptors (Lipinski definition) is 4. The molecule has 0 aliphatic carbocycles. The smallest absolute Gasteiger partial charge is 0.0700 e. The van der Waals surface area contributed by atoms with Gasteiger partial charge >= 0.3 is 0 Å². The maximum absolute atomic E-state index is 5.53. The van der Waals surface area contributed by atoms with Gasteiger partial charge in [0.2, 0.25) is 0 Å². The molecule has 1 unspecified atom stereocenters. The molecule has 0 amide bonds. The molecule has 1 N–H and O–H groups in total. The molecule has 0 spiro atoms. The van der Waals surface area contributed by atoms with Crippen LogP contribution in [0.4, 0.5) is 0 Å². The van der Waals surface area contributed by atoms with E-state index in [2.05, 4.69) is 24.1 Å². The molecule has 4 nitrogen and oxygen atoms in total. The quantitative estimate of drug-likeness (QED) is 0.581. The van der Waals surface area contributed by atoms with Crippen molar-refractivity contribution in [2.45, 2.75) is 39.2 Å². The van der Waals surface area contributed by atoms with Gasteiger partial charge in [0.05, 0.1) is 13.2 Å². The van der Waals surface area contributed by atoms with Crippen LogP contribution in [-0.2, 0) is 9.47 Å². The van der Waals surface area contributed by atoms with Gasteiger partial charge < -0.3 is 19.7 Å². The van der Waals surface area contributed by atoms with Gasteiger partial charge in [0.25, 0.3) is 0 Å². The second-order valence-electron chi connectivity index (χ2n) is 5.91. The summed E-state index contributed by atoms with van der Waals surface area (Å²) in [6.07, 6.45) is 3.78. The molecule has 0 saturated carbocycles. The zero-order chi connectivity index (χ0) is 13.9. The first-order valence-corrected chi connectivity index (χ1v) is 7.74. The summed E-state index contributed by atoms with van der Waals surface area (Å²) >= 11 is 0. The number of ether oxygens (including phenoxy) is 2. The first-order valence-electron chi connectivity index (χ1n) is 7.74. The van der Waals surface area contributed by atoms with Crippen LogP contribution in [0.1, 0.15) is 33.1 Å². The van der Waals surface area contributed by atoms with Crippen LogP contribution in [0.3, 0.4) is 0 Å². The van der Waals surface area contributed by atoms with Gasteiger partial charge in [-0.05, 0) is 31.7 Å². The minimum Gasteiger partial charge on any atom is -0.382 e. The van der Waals surface area contributed by atoms with E-state index in [4.69, 9.17) is 9.47 Å². The van der Waals surface area contributed by atoms with E-state index in [1.807, 2.05) is 0 Å². The molecule has 1 atom stereocenters. The topological polar surface area (TPSA) is 33.7 Å². The molecule has 0 bridgehead atoms. The van der Waals surface area contributed by atoms with Crippen LogP contribution in [0.25, 0.3) is 0 Å². The van der Waals surface area contributed by atoms with E-state index < -0.39 is 0 Å². The van der Waals surface area contributed by atoms with Crippen LogP contribution in [0.2, 0.25) is 0 Å². The highest BCUT2D eigenvalue weighted by Gasteiger charge is 2.18. The summed E-state index contributed by atoms with van der Waals surface area (Å²) < 4.78 is 10.5. The Balaban J connectivity index is 2.13. The number of methoxy groups -OCH3 is 1. The minimum atomic E-state index is 0.696. The first-order chi connectivity index (χ1) is 9.22. The number of nitrogens with zero attached hydrogens (tertiary/aromatic N) is 1. The van der Waals surface area contributed by atoms with Crippen molar-refractivity contribution in [2.24, 2.45) is 5.92 Å². The van der Waals surface area contributed by atoms with Crippen LogP contribution in [0, 0.1) is 5.92 Å². The third-order valence-corrected chi connectivity index (χ3v) is 3.46. The van der Waals surface area contributed by atoms with E-state index in [0.717, 1.165) is 25.5 Å². The molecule has 114 valence electrons. The van der Waals surface area contributed by atoms with E-state index in [9.17, 15) is 0 Å². The lowest BCUT2D eigenvalue weighted by molar-refractivity contribution is 0.0642. The molecule has 4 heteroatoms. The maximum atomic E-state index is 5.53. The number of nitrogens with one attached hydrogen (secondary N) is 1. The first kappa shape index (κ1) is 16.9. The zero-order valence-electron chi connectivity index (χ0n) is 13.0. The van der Waals surface area contributed by atoms with Gasteiger partial charge in [-0.25, -0.2) is 0 Å². The SMILES string of the molecule is COCCOCCCN(CC(C)C)CC1CCCN1. The fourth-order valence-corrected chi connectivity index (χ4v) is 2.63. The Hall–Kier alpha value is -0.160. The normalized spacial score (nSPS) is 19.7. The summed E-state index contributed by atoms with van der Waals surface area (Å²) in [5.74, 6) is 0.732. The Bertz CT molecular complexity index is 206. The standard InChI is InChI=1S/C15H32N2O2/c1-14(2)12-17(13-15-6-4-7-16-15)8-5-9-19-11-10-18-3/h14-16H,4-13H2,1-3H3. The Morgan fingerprint density at radius 1 is 1.26 bits per heavy atom. The fourth-order valence-electron chi connectivity index (χ4n) is 2.63. The lowest BCUT2D eigenvalue weighted by atomic mass is 10.1. The van der Waals surface area contributed by atoms with Crippen molar-refractivity contribution >= 4 is 0 Å². The van der Waals surface area contributed by atoms with Crippen molar-refractivity contribution in [1.82, 2.24) is 10.2 Å². The third kappa shape index (κ3) is 8.58. The summed E-state index contributed by atoms with van der Waals surface area (Å²) in [4.78, 5) is 2.59. The summed E-state index contributed by atoms with van der Waals surface area (Å²) in [7, 11) is 1.71. The molecular weight excluding hydrogens is 240 g/mol. The van der Waals surface area contributed by atoms with Crippen LogP contribution in [0.5, 0.6) is 0 Å². The van der Waals surface area contributed by atoms with Crippen molar-refractivity contribution in [2.75, 3.05) is 53.1 Å². The van der Waals surface area contributed by atoms with Crippen LogP contribution < -0.4 is 5.32 Å². The van der Waals surface area contributed by atoms with Crippen LogP contribution in [-0.4, -0.2) is 64.1 Å². The molecule has 0 aromatic rings. The van der Waals surface area contributed by atoms with Crippen molar-refractivity contribution in [3.8, 4) is 0 Å². The lowest BCUT2D eigenvalue weighted by Gasteiger charge is -2.27. The summed E-state index contributed by atoms with van der Waals surface area (Å²) in [6, 6.07) is 0.702. The molecular formula is C15H32N2O2. The van der Waals surface area contributed by atoms with Gasteiger partial charge in [-0.1, -0.05) is 13.8 Å². The zero-order valence-corrected chi connectivity index (χ0v) is 13.0. The van der Waals surface area contributed by atoms with E-state index >= 15 is 0 Å². The Kier molecular flexibility index (Phi) is 9.43. The predicted octanol–water partition coefficient (Wildman–Crippen LogP) is 1.75. The second kappa shape index (κ2) is 10.6. The third-order valence-electron chi connectivity index (χ3n) is 3.46. The van der Waals surface area contributed by atoms with E-state index in [0.29, 0.717) is 19.3 Å². The highest BCUT2D eigenvalue weighted by molar-refractivity contribution is 4.78. The largest absolute Gasteiger partial charge is 0.382 e. The van der Waals surface area contributed by atoms with Gasteiger partial charge in [0.1, 0.15) is 0 Å². The molecule has 1 heterocycles. The number of hydrogen-bond donors (Lipinski definition) is 1. The van der Waals surface area contributed by atoms with Gasteiger partial charge in [0.15, 0.2) is 0 Å². The summed E-state index contributed by atoms with van der Waals surface area (Å²) in [5.41, 5.74) is 0. The molecule has 0 radical (unpaired) electrons. The van der Waals surface area contributed by atoms with Crippen molar-refractivity contribution in [1.29, 1.82) is 0 Å². The summed E-state index contributed by atoms with van der Waals surface area (Å²) in [5, 5.41) is 3.59. The molecule has 0 aromatic heterocycles. The van der Waals surface area contributed by atoms with Crippen molar-refractivity contribution in [3.05, 3.63) is 0 Å². The molecule has 1 saturated heterocycles. The van der Waals surface area contributed by atoms with Crippen LogP contribution >= 0.6 is 0 Å². The van der Waals surface area contributed by atoms with E-state index in [-0.39, 0.29) is 0 Å². The lowest BCUT2D eigenvalue weighted by Crippen LogP contribution is -2.40. The van der Waals surface area contributed by atoms with E-state index in [1.54, 1.807) is 7.11 Å². The summed E-state index contributed by atoms with van der Waals surface area (Å²) in [6.45, 7) is 11.6. The van der Waals surface area contributed by atoms with Gasteiger partial charge in [0, 0.05) is 39.4 Å². The Morgan fingerprint density at radius 2 is 2.11 bits per heavy atom. The second-order valence-corrected chi connectivity index (χ2v) is 5.91.